The third kappa shape index (κ3) is 5.38. The Kier molecular flexibility index (Phi) is 7.12. The van der Waals surface area contributed by atoms with Gasteiger partial charge >= 0.3 is 0 Å². The number of amides is 1. The molecule has 2 aromatic carbocycles. The Morgan fingerprint density at radius 3 is 2.43 bits per heavy atom. The molecule has 30 heavy (non-hydrogen) atoms. The number of carbonyl (C=O) groups is 1. The maximum absolute atomic E-state index is 12.9. The molecule has 0 spiro atoms. The molecule has 0 radical (unpaired) electrons. The molecule has 1 fully saturated rings. The summed E-state index contributed by atoms with van der Waals surface area (Å²) in [7, 11) is -3.61. The highest BCUT2D eigenvalue weighted by molar-refractivity contribution is 7.89. The topological polar surface area (TPSA) is 79.0 Å². The summed E-state index contributed by atoms with van der Waals surface area (Å²) in [5.74, 6) is -0.204. The summed E-state index contributed by atoms with van der Waals surface area (Å²) in [6, 6.07) is 14.6. The normalized spacial score (nSPS) is 15.2. The van der Waals surface area contributed by atoms with E-state index in [9.17, 15) is 13.2 Å². The lowest BCUT2D eigenvalue weighted by molar-refractivity contribution is -0.115. The van der Waals surface area contributed by atoms with Crippen molar-refractivity contribution in [3.8, 4) is 0 Å². The van der Waals surface area contributed by atoms with Crippen molar-refractivity contribution in [2.45, 2.75) is 31.7 Å². The minimum Gasteiger partial charge on any atom is -0.379 e. The lowest BCUT2D eigenvalue weighted by atomic mass is 10.2. The van der Waals surface area contributed by atoms with Gasteiger partial charge in [-0.3, -0.25) is 4.79 Å². The number of morpholine rings is 1. The molecule has 1 N–H and O–H groups in total. The molecule has 8 heteroatoms. The van der Waals surface area contributed by atoms with E-state index in [-0.39, 0.29) is 23.4 Å². The van der Waals surface area contributed by atoms with E-state index < -0.39 is 10.0 Å². The Bertz CT molecular complexity index is 968. The second-order valence-electron chi connectivity index (χ2n) is 7.65. The number of aryl methyl sites for hydroxylation is 1. The van der Waals surface area contributed by atoms with Crippen LogP contribution >= 0.6 is 0 Å². The van der Waals surface area contributed by atoms with E-state index in [1.165, 1.54) is 10.4 Å². The van der Waals surface area contributed by atoms with Gasteiger partial charge in [0.2, 0.25) is 15.9 Å². The van der Waals surface area contributed by atoms with Gasteiger partial charge in [-0.1, -0.05) is 23.8 Å². The van der Waals surface area contributed by atoms with E-state index in [4.69, 9.17) is 4.74 Å². The zero-order valence-electron chi connectivity index (χ0n) is 17.7. The number of sulfonamides is 1. The molecule has 0 aromatic heterocycles. The van der Waals surface area contributed by atoms with Gasteiger partial charge in [-0.2, -0.15) is 4.31 Å². The maximum Gasteiger partial charge on any atom is 0.243 e. The smallest absolute Gasteiger partial charge is 0.243 e. The Labute approximate surface area is 178 Å². The van der Waals surface area contributed by atoms with Crippen LogP contribution in [0.25, 0.3) is 0 Å². The van der Waals surface area contributed by atoms with Crippen LogP contribution in [0.2, 0.25) is 0 Å². The third-order valence-corrected chi connectivity index (χ3v) is 6.92. The first-order valence-corrected chi connectivity index (χ1v) is 11.5. The number of hydrogen-bond acceptors (Lipinski definition) is 5. The summed E-state index contributed by atoms with van der Waals surface area (Å²) >= 11 is 0. The van der Waals surface area contributed by atoms with Gasteiger partial charge in [0.25, 0.3) is 0 Å². The highest BCUT2D eigenvalue weighted by Crippen LogP contribution is 2.21. The van der Waals surface area contributed by atoms with Gasteiger partial charge in [0.15, 0.2) is 0 Å². The molecule has 1 heterocycles. The molecule has 7 nitrogen and oxygen atoms in total. The summed E-state index contributed by atoms with van der Waals surface area (Å²) in [6.45, 7) is 7.69. The van der Waals surface area contributed by atoms with Gasteiger partial charge in [-0.05, 0) is 51.1 Å². The van der Waals surface area contributed by atoms with E-state index in [1.807, 2.05) is 49.9 Å². The highest BCUT2D eigenvalue weighted by Gasteiger charge is 2.26. The van der Waals surface area contributed by atoms with Crippen LogP contribution in [0, 0.1) is 6.92 Å². The minimum atomic E-state index is -3.61. The monoisotopic (exact) mass is 431 g/mol. The SMILES string of the molecule is Cc1ccc(N(CC(=O)Nc2cccc(S(=O)(=O)N3CCOCC3)c2)C(C)C)cc1. The first-order valence-electron chi connectivity index (χ1n) is 10.1. The fraction of sp³-hybridized carbons (Fsp3) is 0.409. The highest BCUT2D eigenvalue weighted by atomic mass is 32.2. The van der Waals surface area contributed by atoms with Gasteiger partial charge < -0.3 is 15.0 Å². The number of rotatable bonds is 7. The summed E-state index contributed by atoms with van der Waals surface area (Å²) in [5.41, 5.74) is 2.58. The predicted molar refractivity (Wildman–Crippen MR) is 118 cm³/mol. The van der Waals surface area contributed by atoms with Crippen molar-refractivity contribution in [2.24, 2.45) is 0 Å². The summed E-state index contributed by atoms with van der Waals surface area (Å²) < 4.78 is 32.4. The third-order valence-electron chi connectivity index (χ3n) is 5.03. The zero-order chi connectivity index (χ0) is 21.7. The number of hydrogen-bond donors (Lipinski definition) is 1. The lowest BCUT2D eigenvalue weighted by Crippen LogP contribution is -2.40. The Hall–Kier alpha value is -2.42. The number of benzene rings is 2. The Morgan fingerprint density at radius 1 is 1.13 bits per heavy atom. The molecule has 0 bridgehead atoms. The fourth-order valence-corrected chi connectivity index (χ4v) is 4.79. The lowest BCUT2D eigenvalue weighted by Gasteiger charge is -2.28. The van der Waals surface area contributed by atoms with Crippen molar-refractivity contribution in [3.05, 3.63) is 54.1 Å². The van der Waals surface area contributed by atoms with Gasteiger partial charge in [0.1, 0.15) is 0 Å². The van der Waals surface area contributed by atoms with Crippen LogP contribution in [0.1, 0.15) is 19.4 Å². The van der Waals surface area contributed by atoms with E-state index in [0.29, 0.717) is 32.0 Å². The van der Waals surface area contributed by atoms with Crippen molar-refractivity contribution in [3.63, 3.8) is 0 Å². The van der Waals surface area contributed by atoms with Crippen molar-refractivity contribution >= 4 is 27.3 Å². The second kappa shape index (κ2) is 9.59. The van der Waals surface area contributed by atoms with E-state index in [0.717, 1.165) is 11.3 Å². The molecule has 1 aliphatic rings. The number of nitrogens with one attached hydrogen (secondary N) is 1. The van der Waals surface area contributed by atoms with E-state index >= 15 is 0 Å². The molecule has 1 amide bonds. The first-order chi connectivity index (χ1) is 14.3. The van der Waals surface area contributed by atoms with Crippen LogP contribution in [0.3, 0.4) is 0 Å². The van der Waals surface area contributed by atoms with Gasteiger partial charge in [-0.25, -0.2) is 8.42 Å². The van der Waals surface area contributed by atoms with Crippen LogP contribution in [0.15, 0.2) is 53.4 Å². The average molecular weight is 432 g/mol. The zero-order valence-corrected chi connectivity index (χ0v) is 18.5. The van der Waals surface area contributed by atoms with Crippen LogP contribution in [-0.4, -0.2) is 57.5 Å². The van der Waals surface area contributed by atoms with Gasteiger partial charge in [0, 0.05) is 30.5 Å². The minimum absolute atomic E-state index is 0.131. The summed E-state index contributed by atoms with van der Waals surface area (Å²) in [5, 5.41) is 2.84. The molecule has 0 saturated carbocycles. The molecule has 0 atom stereocenters. The number of nitrogens with zero attached hydrogens (tertiary/aromatic N) is 2. The first kappa shape index (κ1) is 22.3. The number of carbonyl (C=O) groups excluding carboxylic acids is 1. The molecule has 1 aliphatic heterocycles. The maximum atomic E-state index is 12.9. The van der Waals surface area contributed by atoms with Crippen LogP contribution in [0.4, 0.5) is 11.4 Å². The molecule has 0 unspecified atom stereocenters. The number of ether oxygens (including phenoxy) is 1. The van der Waals surface area contributed by atoms with Crippen molar-refractivity contribution in [2.75, 3.05) is 43.1 Å². The largest absolute Gasteiger partial charge is 0.379 e. The average Bonchev–Trinajstić information content (AvgIpc) is 2.73. The van der Waals surface area contributed by atoms with Crippen LogP contribution in [0.5, 0.6) is 0 Å². The predicted octanol–water partition coefficient (Wildman–Crippen LogP) is 2.87. The molecular weight excluding hydrogens is 402 g/mol. The van der Waals surface area contributed by atoms with Crippen molar-refractivity contribution < 1.29 is 17.9 Å². The quantitative estimate of drug-likeness (QED) is 0.729. The van der Waals surface area contributed by atoms with Crippen molar-refractivity contribution in [1.29, 1.82) is 0 Å². The summed E-state index contributed by atoms with van der Waals surface area (Å²) in [4.78, 5) is 14.9. The van der Waals surface area contributed by atoms with Crippen LogP contribution < -0.4 is 10.2 Å². The molecule has 0 aliphatic carbocycles. The number of anilines is 2. The Morgan fingerprint density at radius 2 is 1.80 bits per heavy atom. The molecule has 3 rings (SSSR count). The fourth-order valence-electron chi connectivity index (χ4n) is 3.33. The van der Waals surface area contributed by atoms with Gasteiger partial charge in [-0.15, -0.1) is 0 Å². The molecular formula is C22H29N3O4S. The van der Waals surface area contributed by atoms with Gasteiger partial charge in [0.05, 0.1) is 24.7 Å². The standard InChI is InChI=1S/C22H29N3O4S/c1-17(2)25(20-9-7-18(3)8-10-20)16-22(26)23-19-5-4-6-21(15-19)30(27,28)24-11-13-29-14-12-24/h4-10,15,17H,11-14,16H2,1-3H3,(H,23,26). The van der Waals surface area contributed by atoms with E-state index in [2.05, 4.69) is 5.32 Å². The molecule has 2 aromatic rings. The van der Waals surface area contributed by atoms with Crippen LogP contribution in [-0.2, 0) is 19.6 Å². The molecule has 1 saturated heterocycles. The summed E-state index contributed by atoms with van der Waals surface area (Å²) in [6.07, 6.45) is 0. The molecule has 162 valence electrons. The van der Waals surface area contributed by atoms with Crippen molar-refractivity contribution in [1.82, 2.24) is 4.31 Å². The second-order valence-corrected chi connectivity index (χ2v) is 9.59. The van der Waals surface area contributed by atoms with E-state index in [1.54, 1.807) is 18.2 Å². The Balaban J connectivity index is 1.72.